The summed E-state index contributed by atoms with van der Waals surface area (Å²) in [5.41, 5.74) is 1.34. The van der Waals surface area contributed by atoms with Gasteiger partial charge in [-0.1, -0.05) is 19.1 Å². The van der Waals surface area contributed by atoms with Crippen molar-refractivity contribution < 1.29 is 4.74 Å². The Morgan fingerprint density at radius 2 is 1.88 bits per heavy atom. The van der Waals surface area contributed by atoms with Crippen LogP contribution >= 0.6 is 0 Å². The van der Waals surface area contributed by atoms with E-state index in [-0.39, 0.29) is 5.92 Å². The Bertz CT molecular complexity index is 364. The van der Waals surface area contributed by atoms with Gasteiger partial charge in [-0.3, -0.25) is 0 Å². The fraction of sp³-hybridized carbons (Fsp3) is 0.533. The molecule has 1 aromatic rings. The lowest BCUT2D eigenvalue weighted by Crippen LogP contribution is -2.02. The van der Waals surface area contributed by atoms with Gasteiger partial charge in [0.2, 0.25) is 0 Å². The lowest BCUT2D eigenvalue weighted by molar-refractivity contribution is 0.414. The molecule has 2 heteroatoms. The fourth-order valence-electron chi connectivity index (χ4n) is 1.98. The maximum atomic E-state index is 8.76. The summed E-state index contributed by atoms with van der Waals surface area (Å²) in [4.78, 5) is 0. The average molecular weight is 231 g/mol. The van der Waals surface area contributed by atoms with Crippen LogP contribution in [0, 0.1) is 23.2 Å². The fourth-order valence-corrected chi connectivity index (χ4v) is 1.98. The topological polar surface area (TPSA) is 33.0 Å². The molecule has 1 aromatic carbocycles. The molecule has 0 heterocycles. The van der Waals surface area contributed by atoms with Crippen molar-refractivity contribution in [3.63, 3.8) is 0 Å². The van der Waals surface area contributed by atoms with Gasteiger partial charge in [0.25, 0.3) is 0 Å². The number of nitrogens with zero attached hydrogens (tertiary/aromatic N) is 1. The van der Waals surface area contributed by atoms with E-state index in [1.54, 1.807) is 7.11 Å². The highest BCUT2D eigenvalue weighted by atomic mass is 16.5. The first-order chi connectivity index (χ1) is 8.15. The standard InChI is InChI=1S/C15H21NO/c1-12(10-13(2)11-16)4-5-14-6-8-15(17-3)9-7-14/h6-9,12-13H,4-5,10H2,1-3H3. The highest BCUT2D eigenvalue weighted by molar-refractivity contribution is 5.27. The van der Waals surface area contributed by atoms with Gasteiger partial charge in [0, 0.05) is 5.92 Å². The van der Waals surface area contributed by atoms with Crippen molar-refractivity contribution in [1.29, 1.82) is 5.26 Å². The molecule has 0 bridgehead atoms. The molecule has 0 fully saturated rings. The van der Waals surface area contributed by atoms with Gasteiger partial charge >= 0.3 is 0 Å². The van der Waals surface area contributed by atoms with Crippen LogP contribution in [0.15, 0.2) is 24.3 Å². The zero-order valence-corrected chi connectivity index (χ0v) is 10.9. The van der Waals surface area contributed by atoms with Crippen LogP contribution in [0.3, 0.4) is 0 Å². The third-order valence-electron chi connectivity index (χ3n) is 3.06. The van der Waals surface area contributed by atoms with Crippen LogP contribution in [0.2, 0.25) is 0 Å². The van der Waals surface area contributed by atoms with Crippen LogP contribution in [0.4, 0.5) is 0 Å². The molecule has 0 aromatic heterocycles. The second-order valence-electron chi connectivity index (χ2n) is 4.76. The van der Waals surface area contributed by atoms with Crippen molar-refractivity contribution in [2.45, 2.75) is 33.1 Å². The molecule has 2 nitrogen and oxygen atoms in total. The summed E-state index contributed by atoms with van der Waals surface area (Å²) in [7, 11) is 1.68. The van der Waals surface area contributed by atoms with Crippen LogP contribution in [0.1, 0.15) is 32.3 Å². The van der Waals surface area contributed by atoms with Gasteiger partial charge in [-0.2, -0.15) is 5.26 Å². The van der Waals surface area contributed by atoms with E-state index >= 15 is 0 Å². The zero-order valence-electron chi connectivity index (χ0n) is 10.9. The minimum atomic E-state index is 0.167. The highest BCUT2D eigenvalue weighted by Gasteiger charge is 2.08. The number of ether oxygens (including phenoxy) is 1. The maximum Gasteiger partial charge on any atom is 0.118 e. The first-order valence-corrected chi connectivity index (χ1v) is 6.18. The van der Waals surface area contributed by atoms with Crippen molar-refractivity contribution in [1.82, 2.24) is 0 Å². The second kappa shape index (κ2) is 6.96. The molecule has 1 rings (SSSR count). The number of benzene rings is 1. The van der Waals surface area contributed by atoms with Crippen LogP contribution < -0.4 is 4.74 Å². The molecule has 0 saturated heterocycles. The van der Waals surface area contributed by atoms with Crippen LogP contribution in [-0.2, 0) is 6.42 Å². The van der Waals surface area contributed by atoms with Crippen molar-refractivity contribution in [2.75, 3.05) is 7.11 Å². The Morgan fingerprint density at radius 3 is 2.41 bits per heavy atom. The van der Waals surface area contributed by atoms with E-state index in [1.807, 2.05) is 19.1 Å². The van der Waals surface area contributed by atoms with Gasteiger partial charge in [-0.15, -0.1) is 0 Å². The van der Waals surface area contributed by atoms with E-state index in [0.717, 1.165) is 25.0 Å². The summed E-state index contributed by atoms with van der Waals surface area (Å²) in [6, 6.07) is 10.5. The molecule has 2 unspecified atom stereocenters. The van der Waals surface area contributed by atoms with E-state index < -0.39 is 0 Å². The number of aryl methyl sites for hydroxylation is 1. The minimum absolute atomic E-state index is 0.167. The summed E-state index contributed by atoms with van der Waals surface area (Å²) < 4.78 is 5.13. The Morgan fingerprint density at radius 1 is 1.24 bits per heavy atom. The number of methoxy groups -OCH3 is 1. The second-order valence-corrected chi connectivity index (χ2v) is 4.76. The number of rotatable bonds is 6. The molecule has 17 heavy (non-hydrogen) atoms. The summed E-state index contributed by atoms with van der Waals surface area (Å²) >= 11 is 0. The van der Waals surface area contributed by atoms with E-state index in [2.05, 4.69) is 25.1 Å². The molecule has 0 N–H and O–H groups in total. The van der Waals surface area contributed by atoms with Crippen LogP contribution in [0.25, 0.3) is 0 Å². The molecule has 2 atom stereocenters. The van der Waals surface area contributed by atoms with Gasteiger partial charge in [0.15, 0.2) is 0 Å². The quantitative estimate of drug-likeness (QED) is 0.745. The third-order valence-corrected chi connectivity index (χ3v) is 3.06. The van der Waals surface area contributed by atoms with Crippen molar-refractivity contribution in [3.05, 3.63) is 29.8 Å². The first-order valence-electron chi connectivity index (χ1n) is 6.18. The normalized spacial score (nSPS) is 13.8. The smallest absolute Gasteiger partial charge is 0.118 e. The molecule has 0 saturated carbocycles. The Labute approximate surface area is 104 Å². The summed E-state index contributed by atoms with van der Waals surface area (Å²) in [5, 5.41) is 8.76. The van der Waals surface area contributed by atoms with Gasteiger partial charge < -0.3 is 4.74 Å². The Kier molecular flexibility index (Phi) is 5.56. The van der Waals surface area contributed by atoms with Gasteiger partial charge in [-0.25, -0.2) is 0 Å². The molecule has 0 aliphatic carbocycles. The highest BCUT2D eigenvalue weighted by Crippen LogP contribution is 2.18. The van der Waals surface area contributed by atoms with E-state index in [9.17, 15) is 0 Å². The van der Waals surface area contributed by atoms with Crippen molar-refractivity contribution in [2.24, 2.45) is 11.8 Å². The molecular weight excluding hydrogens is 210 g/mol. The summed E-state index contributed by atoms with van der Waals surface area (Å²) in [6.07, 6.45) is 3.20. The summed E-state index contributed by atoms with van der Waals surface area (Å²) in [6.45, 7) is 4.21. The van der Waals surface area contributed by atoms with E-state index in [1.165, 1.54) is 5.56 Å². The van der Waals surface area contributed by atoms with Gasteiger partial charge in [0.1, 0.15) is 5.75 Å². The predicted molar refractivity (Wildman–Crippen MR) is 69.9 cm³/mol. The van der Waals surface area contributed by atoms with Crippen molar-refractivity contribution >= 4 is 0 Å². The van der Waals surface area contributed by atoms with E-state index in [4.69, 9.17) is 10.00 Å². The zero-order chi connectivity index (χ0) is 12.7. The van der Waals surface area contributed by atoms with E-state index in [0.29, 0.717) is 5.92 Å². The third kappa shape index (κ3) is 4.91. The SMILES string of the molecule is COc1ccc(CCC(C)CC(C)C#N)cc1. The van der Waals surface area contributed by atoms with Gasteiger partial charge in [-0.05, 0) is 49.8 Å². The molecule has 0 spiro atoms. The van der Waals surface area contributed by atoms with Crippen LogP contribution in [0.5, 0.6) is 5.75 Å². The Balaban J connectivity index is 2.37. The summed E-state index contributed by atoms with van der Waals surface area (Å²) in [5.74, 6) is 1.67. The molecular formula is C15H21NO. The lowest BCUT2D eigenvalue weighted by Gasteiger charge is -2.12. The van der Waals surface area contributed by atoms with Crippen LogP contribution in [-0.4, -0.2) is 7.11 Å². The number of hydrogen-bond acceptors (Lipinski definition) is 2. The predicted octanol–water partition coefficient (Wildman–Crippen LogP) is 3.81. The molecule has 0 amide bonds. The molecule has 0 radical (unpaired) electrons. The number of nitriles is 1. The molecule has 92 valence electrons. The average Bonchev–Trinajstić information content (AvgIpc) is 2.36. The maximum absolute atomic E-state index is 8.76. The lowest BCUT2D eigenvalue weighted by atomic mass is 9.93. The van der Waals surface area contributed by atoms with Gasteiger partial charge in [0.05, 0.1) is 13.2 Å². The minimum Gasteiger partial charge on any atom is -0.497 e. The van der Waals surface area contributed by atoms with Crippen molar-refractivity contribution in [3.8, 4) is 11.8 Å². The number of hydrogen-bond donors (Lipinski definition) is 0. The Hall–Kier alpha value is -1.49. The largest absolute Gasteiger partial charge is 0.497 e. The monoisotopic (exact) mass is 231 g/mol. The molecule has 0 aliphatic heterocycles. The first kappa shape index (κ1) is 13.6. The molecule has 0 aliphatic rings.